The number of furan rings is 1. The molecule has 1 aromatic heterocycles. The van der Waals surface area contributed by atoms with Crippen LogP contribution in [0.3, 0.4) is 0 Å². The van der Waals surface area contributed by atoms with Crippen LogP contribution >= 0.6 is 15.9 Å². The van der Waals surface area contributed by atoms with E-state index in [0.717, 1.165) is 23.2 Å². The molecule has 0 bridgehead atoms. The fourth-order valence-electron chi connectivity index (χ4n) is 2.19. The van der Waals surface area contributed by atoms with E-state index >= 15 is 0 Å². The van der Waals surface area contributed by atoms with Crippen molar-refractivity contribution in [3.8, 4) is 0 Å². The van der Waals surface area contributed by atoms with Gasteiger partial charge in [0.05, 0.1) is 4.83 Å². The fourth-order valence-corrected chi connectivity index (χ4v) is 2.79. The van der Waals surface area contributed by atoms with Crippen LogP contribution in [0.25, 0.3) is 11.0 Å². The van der Waals surface area contributed by atoms with Gasteiger partial charge in [-0.3, -0.25) is 0 Å². The van der Waals surface area contributed by atoms with Crippen molar-refractivity contribution in [3.05, 3.63) is 71.5 Å². The van der Waals surface area contributed by atoms with Gasteiger partial charge in [-0.15, -0.1) is 0 Å². The normalized spacial score (nSPS) is 12.7. The summed E-state index contributed by atoms with van der Waals surface area (Å²) in [7, 11) is 0. The van der Waals surface area contributed by atoms with Gasteiger partial charge in [0.15, 0.2) is 0 Å². The summed E-state index contributed by atoms with van der Waals surface area (Å²) >= 11 is 3.73. The van der Waals surface area contributed by atoms with Crippen LogP contribution in [-0.4, -0.2) is 0 Å². The summed E-state index contributed by atoms with van der Waals surface area (Å²) in [6.45, 7) is 2.11. The molecule has 96 valence electrons. The largest absolute Gasteiger partial charge is 0.460 e. The molecule has 2 aromatic carbocycles. The first-order chi connectivity index (χ1) is 9.22. The maximum Gasteiger partial charge on any atom is 0.134 e. The van der Waals surface area contributed by atoms with Crippen molar-refractivity contribution >= 4 is 26.9 Å². The van der Waals surface area contributed by atoms with Crippen LogP contribution in [0.15, 0.2) is 59.0 Å². The molecule has 3 aromatic rings. The summed E-state index contributed by atoms with van der Waals surface area (Å²) in [6.07, 6.45) is 0.931. The second-order valence-corrected chi connectivity index (χ2v) is 5.95. The molecule has 0 aliphatic rings. The summed E-state index contributed by atoms with van der Waals surface area (Å²) in [5, 5.41) is 1.16. The molecule has 0 saturated carbocycles. The molecule has 1 heterocycles. The maximum atomic E-state index is 5.88. The molecule has 0 amide bonds. The van der Waals surface area contributed by atoms with E-state index in [2.05, 4.69) is 59.3 Å². The van der Waals surface area contributed by atoms with Gasteiger partial charge in [0.25, 0.3) is 0 Å². The summed E-state index contributed by atoms with van der Waals surface area (Å²) in [6, 6.07) is 18.9. The third kappa shape index (κ3) is 2.74. The Morgan fingerprint density at radius 1 is 1.05 bits per heavy atom. The highest BCUT2D eigenvalue weighted by Crippen LogP contribution is 2.31. The second kappa shape index (κ2) is 5.22. The van der Waals surface area contributed by atoms with Crippen LogP contribution in [0.2, 0.25) is 0 Å². The van der Waals surface area contributed by atoms with E-state index in [9.17, 15) is 0 Å². The Kier molecular flexibility index (Phi) is 3.43. The molecule has 3 rings (SSSR count). The Bertz CT molecular complexity index is 649. The number of hydrogen-bond acceptors (Lipinski definition) is 1. The third-order valence-corrected chi connectivity index (χ3v) is 4.06. The van der Waals surface area contributed by atoms with Gasteiger partial charge in [-0.25, -0.2) is 0 Å². The molecule has 0 aliphatic carbocycles. The predicted molar refractivity (Wildman–Crippen MR) is 82.8 cm³/mol. The highest BCUT2D eigenvalue weighted by atomic mass is 79.9. The molecular weight excluding hydrogens is 300 g/mol. The smallest absolute Gasteiger partial charge is 0.134 e. The summed E-state index contributed by atoms with van der Waals surface area (Å²) < 4.78 is 5.88. The number of para-hydroxylation sites is 1. The Hall–Kier alpha value is -1.54. The number of hydrogen-bond donors (Lipinski definition) is 0. The van der Waals surface area contributed by atoms with Crippen LogP contribution in [0.4, 0.5) is 0 Å². The average Bonchev–Trinajstić information content (AvgIpc) is 2.85. The van der Waals surface area contributed by atoms with E-state index in [1.165, 1.54) is 11.1 Å². The molecule has 1 atom stereocenters. The summed E-state index contributed by atoms with van der Waals surface area (Å²) in [5.74, 6) is 0.988. The summed E-state index contributed by atoms with van der Waals surface area (Å²) in [5.41, 5.74) is 3.55. The molecule has 0 aliphatic heterocycles. The van der Waals surface area contributed by atoms with Crippen molar-refractivity contribution in [1.82, 2.24) is 0 Å². The minimum atomic E-state index is 0.211. The molecule has 19 heavy (non-hydrogen) atoms. The van der Waals surface area contributed by atoms with Crippen molar-refractivity contribution in [1.29, 1.82) is 0 Å². The molecule has 0 radical (unpaired) electrons. The van der Waals surface area contributed by atoms with E-state index in [1.54, 1.807) is 0 Å². The van der Waals surface area contributed by atoms with E-state index in [1.807, 2.05) is 18.2 Å². The number of rotatable bonds is 3. The van der Waals surface area contributed by atoms with Crippen molar-refractivity contribution in [2.75, 3.05) is 0 Å². The van der Waals surface area contributed by atoms with Crippen LogP contribution in [0.5, 0.6) is 0 Å². The Morgan fingerprint density at radius 3 is 2.53 bits per heavy atom. The topological polar surface area (TPSA) is 13.1 Å². The van der Waals surface area contributed by atoms with E-state index < -0.39 is 0 Å². The predicted octanol–water partition coefficient (Wildman–Crippen LogP) is 5.42. The van der Waals surface area contributed by atoms with E-state index in [4.69, 9.17) is 4.42 Å². The SMILES string of the molecule is Cc1ccc(CC(Br)c2cc3ccccc3o2)cc1. The zero-order chi connectivity index (χ0) is 13.2. The lowest BCUT2D eigenvalue weighted by atomic mass is 10.1. The van der Waals surface area contributed by atoms with Gasteiger partial charge < -0.3 is 4.42 Å². The van der Waals surface area contributed by atoms with Gasteiger partial charge in [-0.2, -0.15) is 0 Å². The van der Waals surface area contributed by atoms with Crippen molar-refractivity contribution in [2.45, 2.75) is 18.2 Å². The molecule has 0 fully saturated rings. The zero-order valence-corrected chi connectivity index (χ0v) is 12.4. The average molecular weight is 315 g/mol. The highest BCUT2D eigenvalue weighted by molar-refractivity contribution is 9.09. The first-order valence-corrected chi connectivity index (χ1v) is 7.32. The highest BCUT2D eigenvalue weighted by Gasteiger charge is 2.13. The number of aryl methyl sites for hydroxylation is 1. The Balaban J connectivity index is 1.83. The van der Waals surface area contributed by atoms with Gasteiger partial charge in [-0.05, 0) is 31.0 Å². The van der Waals surface area contributed by atoms with Gasteiger partial charge in [0.2, 0.25) is 0 Å². The van der Waals surface area contributed by atoms with Crippen molar-refractivity contribution in [3.63, 3.8) is 0 Å². The lowest BCUT2D eigenvalue weighted by Gasteiger charge is -2.07. The zero-order valence-electron chi connectivity index (χ0n) is 10.8. The minimum Gasteiger partial charge on any atom is -0.460 e. The Labute approximate surface area is 121 Å². The number of fused-ring (bicyclic) bond motifs is 1. The molecule has 1 unspecified atom stereocenters. The molecule has 1 nitrogen and oxygen atoms in total. The van der Waals surface area contributed by atoms with Crippen LogP contribution in [-0.2, 0) is 6.42 Å². The molecule has 0 N–H and O–H groups in total. The first-order valence-electron chi connectivity index (χ1n) is 6.40. The lowest BCUT2D eigenvalue weighted by molar-refractivity contribution is 0.545. The fraction of sp³-hybridized carbons (Fsp3) is 0.176. The van der Waals surface area contributed by atoms with Gasteiger partial charge in [0.1, 0.15) is 11.3 Å². The first kappa shape index (κ1) is 12.5. The third-order valence-electron chi connectivity index (χ3n) is 3.29. The van der Waals surface area contributed by atoms with Crippen molar-refractivity contribution in [2.24, 2.45) is 0 Å². The number of alkyl halides is 1. The van der Waals surface area contributed by atoms with E-state index in [0.29, 0.717) is 0 Å². The van der Waals surface area contributed by atoms with Gasteiger partial charge >= 0.3 is 0 Å². The molecule has 0 saturated heterocycles. The van der Waals surface area contributed by atoms with Crippen LogP contribution in [0, 0.1) is 6.92 Å². The molecule has 0 spiro atoms. The second-order valence-electron chi connectivity index (χ2n) is 4.84. The number of benzene rings is 2. The maximum absolute atomic E-state index is 5.88. The molecular formula is C17H15BrO. The summed E-state index contributed by atoms with van der Waals surface area (Å²) in [4.78, 5) is 0.211. The lowest BCUT2D eigenvalue weighted by Crippen LogP contribution is -1.93. The quantitative estimate of drug-likeness (QED) is 0.588. The van der Waals surface area contributed by atoms with Crippen LogP contribution in [0.1, 0.15) is 21.7 Å². The Morgan fingerprint density at radius 2 is 1.79 bits per heavy atom. The molecule has 2 heteroatoms. The van der Waals surface area contributed by atoms with E-state index in [-0.39, 0.29) is 4.83 Å². The number of halogens is 1. The van der Waals surface area contributed by atoms with Crippen LogP contribution < -0.4 is 0 Å². The monoisotopic (exact) mass is 314 g/mol. The minimum absolute atomic E-state index is 0.211. The standard InChI is InChI=1S/C17H15BrO/c1-12-6-8-13(9-7-12)10-15(18)17-11-14-4-2-3-5-16(14)19-17/h2-9,11,15H,10H2,1H3. The van der Waals surface area contributed by atoms with Gasteiger partial charge in [-0.1, -0.05) is 64.0 Å². The van der Waals surface area contributed by atoms with Crippen molar-refractivity contribution < 1.29 is 4.42 Å². The van der Waals surface area contributed by atoms with Gasteiger partial charge in [0, 0.05) is 5.39 Å².